The maximum atomic E-state index is 12.8. The van der Waals surface area contributed by atoms with Crippen LogP contribution in [0.2, 0.25) is 0 Å². The van der Waals surface area contributed by atoms with Gasteiger partial charge in [-0.2, -0.15) is 0 Å². The van der Waals surface area contributed by atoms with Crippen LogP contribution in [0.3, 0.4) is 0 Å². The number of carbonyl (C=O) groups is 1. The summed E-state index contributed by atoms with van der Waals surface area (Å²) in [5, 5.41) is 0. The second-order valence-electron chi connectivity index (χ2n) is 6.76. The van der Waals surface area contributed by atoms with Crippen LogP contribution in [-0.4, -0.2) is 64.4 Å². The lowest BCUT2D eigenvalue weighted by Crippen LogP contribution is -2.59. The number of nitrogens with one attached hydrogen (secondary N) is 1. The quantitative estimate of drug-likeness (QED) is 0.764. The number of ether oxygens (including phenoxy) is 2. The molecule has 7 nitrogen and oxygen atoms in total. The van der Waals surface area contributed by atoms with Crippen molar-refractivity contribution in [2.24, 2.45) is 0 Å². The van der Waals surface area contributed by atoms with Crippen molar-refractivity contribution < 1.29 is 22.7 Å². The number of carbonyl (C=O) groups excluding carboxylic acids is 1. The second kappa shape index (κ2) is 8.83. The van der Waals surface area contributed by atoms with E-state index in [1.807, 2.05) is 32.0 Å². The standard InChI is InChI=1S/C18H28N2O5S/c1-13-7-5-8-14(2)18(13)25-12-17(21)20-10-6-9-15(16(20)11-24-3)19-26(4,22)23/h5,7-8,15-16,19H,6,9-12H2,1-4H3/t15-,16-/m0/s1. The van der Waals surface area contributed by atoms with Crippen LogP contribution in [0.15, 0.2) is 18.2 Å². The van der Waals surface area contributed by atoms with Crippen LogP contribution in [0.4, 0.5) is 0 Å². The summed E-state index contributed by atoms with van der Waals surface area (Å²) in [6.45, 7) is 4.62. The molecule has 0 radical (unpaired) electrons. The highest BCUT2D eigenvalue weighted by Gasteiger charge is 2.35. The fourth-order valence-corrected chi connectivity index (χ4v) is 4.22. The molecule has 8 heteroatoms. The molecule has 0 aromatic heterocycles. The number of hydrogen-bond donors (Lipinski definition) is 1. The number of amides is 1. The van der Waals surface area contributed by atoms with Gasteiger partial charge in [-0.3, -0.25) is 4.79 Å². The number of sulfonamides is 1. The predicted molar refractivity (Wildman–Crippen MR) is 99.8 cm³/mol. The minimum atomic E-state index is -3.37. The lowest BCUT2D eigenvalue weighted by molar-refractivity contribution is -0.139. The number of methoxy groups -OCH3 is 1. The highest BCUT2D eigenvalue weighted by molar-refractivity contribution is 7.88. The molecule has 0 unspecified atom stereocenters. The van der Waals surface area contributed by atoms with Gasteiger partial charge in [0.1, 0.15) is 5.75 Å². The third kappa shape index (κ3) is 5.43. The first-order valence-corrected chi connectivity index (χ1v) is 10.6. The Bertz CT molecular complexity index is 715. The first-order chi connectivity index (χ1) is 12.2. The number of rotatable bonds is 7. The van der Waals surface area contributed by atoms with E-state index in [2.05, 4.69) is 4.72 Å². The van der Waals surface area contributed by atoms with E-state index in [9.17, 15) is 13.2 Å². The van der Waals surface area contributed by atoms with Gasteiger partial charge in [0, 0.05) is 19.7 Å². The summed E-state index contributed by atoms with van der Waals surface area (Å²) in [6, 6.07) is 5.11. The average molecular weight is 384 g/mol. The summed E-state index contributed by atoms with van der Waals surface area (Å²) in [5.41, 5.74) is 1.95. The van der Waals surface area contributed by atoms with Gasteiger partial charge in [0.15, 0.2) is 6.61 Å². The number of piperidine rings is 1. The van der Waals surface area contributed by atoms with Crippen molar-refractivity contribution >= 4 is 15.9 Å². The van der Waals surface area contributed by atoms with E-state index in [4.69, 9.17) is 9.47 Å². The summed E-state index contributed by atoms with van der Waals surface area (Å²) < 4.78 is 36.9. The van der Waals surface area contributed by atoms with Crippen molar-refractivity contribution in [2.75, 3.05) is 33.1 Å². The Morgan fingerprint density at radius 1 is 1.31 bits per heavy atom. The van der Waals surface area contributed by atoms with Crippen LogP contribution >= 0.6 is 0 Å². The highest BCUT2D eigenvalue weighted by Crippen LogP contribution is 2.23. The Balaban J connectivity index is 2.09. The van der Waals surface area contributed by atoms with Crippen molar-refractivity contribution in [3.63, 3.8) is 0 Å². The Morgan fingerprint density at radius 2 is 1.96 bits per heavy atom. The van der Waals surface area contributed by atoms with Gasteiger partial charge in [-0.15, -0.1) is 0 Å². The lowest BCUT2D eigenvalue weighted by atomic mass is 9.97. The topological polar surface area (TPSA) is 84.9 Å². The fraction of sp³-hybridized carbons (Fsp3) is 0.611. The van der Waals surface area contributed by atoms with Gasteiger partial charge in [-0.1, -0.05) is 18.2 Å². The van der Waals surface area contributed by atoms with Gasteiger partial charge in [0.25, 0.3) is 5.91 Å². The molecule has 2 rings (SSSR count). The number of hydrogen-bond acceptors (Lipinski definition) is 5. The molecule has 0 bridgehead atoms. The number of para-hydroxylation sites is 1. The van der Waals surface area contributed by atoms with Crippen LogP contribution in [0.25, 0.3) is 0 Å². The van der Waals surface area contributed by atoms with Gasteiger partial charge in [-0.25, -0.2) is 13.1 Å². The molecule has 0 spiro atoms. The van der Waals surface area contributed by atoms with Gasteiger partial charge >= 0.3 is 0 Å². The van der Waals surface area contributed by atoms with Crippen molar-refractivity contribution in [3.8, 4) is 5.75 Å². The van der Waals surface area contributed by atoms with E-state index < -0.39 is 10.0 Å². The SMILES string of the molecule is COC[C@H]1[C@@H](NS(C)(=O)=O)CCCN1C(=O)COc1c(C)cccc1C. The zero-order valence-electron chi connectivity index (χ0n) is 15.8. The van der Waals surface area contributed by atoms with Gasteiger partial charge in [0.05, 0.1) is 18.9 Å². The summed E-state index contributed by atoms with van der Waals surface area (Å²) in [5.74, 6) is 0.543. The lowest BCUT2D eigenvalue weighted by Gasteiger charge is -2.40. The molecule has 146 valence electrons. The highest BCUT2D eigenvalue weighted by atomic mass is 32.2. The van der Waals surface area contributed by atoms with Crippen LogP contribution < -0.4 is 9.46 Å². The largest absolute Gasteiger partial charge is 0.483 e. The van der Waals surface area contributed by atoms with E-state index in [1.54, 1.807) is 12.0 Å². The van der Waals surface area contributed by atoms with Crippen LogP contribution in [-0.2, 0) is 19.6 Å². The van der Waals surface area contributed by atoms with Gasteiger partial charge < -0.3 is 14.4 Å². The number of aryl methyl sites for hydroxylation is 2. The summed E-state index contributed by atoms with van der Waals surface area (Å²) in [6.07, 6.45) is 2.52. The molecule has 1 N–H and O–H groups in total. The molecule has 1 aliphatic heterocycles. The molecule has 1 aromatic carbocycles. The molecule has 1 aliphatic rings. The molecule has 1 heterocycles. The average Bonchev–Trinajstić information content (AvgIpc) is 2.54. The molecule has 26 heavy (non-hydrogen) atoms. The van der Waals surface area contributed by atoms with Crippen molar-refractivity contribution in [1.82, 2.24) is 9.62 Å². The minimum Gasteiger partial charge on any atom is -0.483 e. The third-order valence-electron chi connectivity index (χ3n) is 4.55. The monoisotopic (exact) mass is 384 g/mol. The van der Waals surface area contributed by atoms with E-state index in [0.29, 0.717) is 18.7 Å². The first kappa shape index (κ1) is 20.7. The first-order valence-electron chi connectivity index (χ1n) is 8.67. The Kier molecular flexibility index (Phi) is 7.02. The van der Waals surface area contributed by atoms with E-state index >= 15 is 0 Å². The number of likely N-dealkylation sites (tertiary alicyclic amines) is 1. The van der Waals surface area contributed by atoms with E-state index in [1.165, 1.54) is 0 Å². The minimum absolute atomic E-state index is 0.0858. The fourth-order valence-electron chi connectivity index (χ4n) is 3.40. The Morgan fingerprint density at radius 3 is 2.54 bits per heavy atom. The summed E-state index contributed by atoms with van der Waals surface area (Å²) in [4.78, 5) is 14.4. The normalized spacial score (nSPS) is 20.8. The summed E-state index contributed by atoms with van der Waals surface area (Å²) in [7, 11) is -1.82. The van der Waals surface area contributed by atoms with Gasteiger partial charge in [0.2, 0.25) is 10.0 Å². The molecule has 1 aromatic rings. The van der Waals surface area contributed by atoms with Crippen molar-refractivity contribution in [3.05, 3.63) is 29.3 Å². The molecule has 0 aliphatic carbocycles. The number of nitrogens with zero attached hydrogens (tertiary/aromatic N) is 1. The van der Waals surface area contributed by atoms with E-state index in [0.717, 1.165) is 23.8 Å². The maximum absolute atomic E-state index is 12.8. The molecule has 0 saturated carbocycles. The van der Waals surface area contributed by atoms with E-state index in [-0.39, 0.29) is 31.2 Å². The van der Waals surface area contributed by atoms with Crippen LogP contribution in [0.5, 0.6) is 5.75 Å². The number of benzene rings is 1. The molecule has 1 fully saturated rings. The third-order valence-corrected chi connectivity index (χ3v) is 5.28. The molecular formula is C18H28N2O5S. The molecule has 1 amide bonds. The molecule has 1 saturated heterocycles. The molecular weight excluding hydrogens is 356 g/mol. The van der Waals surface area contributed by atoms with Crippen LogP contribution in [0, 0.1) is 13.8 Å². The zero-order chi connectivity index (χ0) is 19.3. The smallest absolute Gasteiger partial charge is 0.260 e. The zero-order valence-corrected chi connectivity index (χ0v) is 16.6. The maximum Gasteiger partial charge on any atom is 0.260 e. The summed E-state index contributed by atoms with van der Waals surface area (Å²) >= 11 is 0. The van der Waals surface area contributed by atoms with Crippen molar-refractivity contribution in [2.45, 2.75) is 38.8 Å². The Labute approximate surface area is 155 Å². The van der Waals surface area contributed by atoms with Gasteiger partial charge in [-0.05, 0) is 37.8 Å². The van der Waals surface area contributed by atoms with Crippen molar-refractivity contribution in [1.29, 1.82) is 0 Å². The van der Waals surface area contributed by atoms with Crippen LogP contribution in [0.1, 0.15) is 24.0 Å². The Hall–Kier alpha value is -1.64. The predicted octanol–water partition coefficient (Wildman–Crippen LogP) is 1.24. The second-order valence-corrected chi connectivity index (χ2v) is 8.54. The molecule has 2 atom stereocenters.